The van der Waals surface area contributed by atoms with Crippen LogP contribution in [0.15, 0.2) is 61.1 Å². The van der Waals surface area contributed by atoms with Crippen molar-refractivity contribution in [3.8, 4) is 40.5 Å². The summed E-state index contributed by atoms with van der Waals surface area (Å²) >= 11 is 0. The number of nitrogens with two attached hydrogens (primary N) is 1. The summed E-state index contributed by atoms with van der Waals surface area (Å²) in [5.41, 5.74) is 9.27. The van der Waals surface area contributed by atoms with Gasteiger partial charge < -0.3 is 10.5 Å². The number of ether oxygens (including phenoxy) is 1. The molecule has 4 aromatic rings. The van der Waals surface area contributed by atoms with E-state index in [2.05, 4.69) is 26.1 Å². The molecule has 0 radical (unpaired) electrons. The smallest absolute Gasteiger partial charge is 0.218 e. The number of hydrogen-bond acceptors (Lipinski definition) is 7. The average molecular weight is 397 g/mol. The maximum Gasteiger partial charge on any atom is 0.218 e. The van der Waals surface area contributed by atoms with Crippen LogP contribution in [0.4, 0.5) is 0 Å². The summed E-state index contributed by atoms with van der Waals surface area (Å²) in [5, 5.41) is 13.8. The minimum atomic E-state index is -0.157. The summed E-state index contributed by atoms with van der Waals surface area (Å²) in [7, 11) is 1.78. The van der Waals surface area contributed by atoms with Crippen molar-refractivity contribution in [3.63, 3.8) is 0 Å². The number of pyridine rings is 1. The monoisotopic (exact) mass is 397 g/mol. The maximum atomic E-state index is 9.32. The molecule has 0 saturated carbocycles. The number of benzene rings is 1. The van der Waals surface area contributed by atoms with E-state index in [1.165, 1.54) is 0 Å². The van der Waals surface area contributed by atoms with E-state index in [9.17, 15) is 5.26 Å². The molecule has 0 spiro atoms. The molecule has 2 N–H and O–H groups in total. The Morgan fingerprint density at radius 1 is 1.07 bits per heavy atom. The molecule has 148 valence electrons. The molecule has 0 amide bonds. The maximum absolute atomic E-state index is 9.32. The van der Waals surface area contributed by atoms with Gasteiger partial charge >= 0.3 is 0 Å². The van der Waals surface area contributed by atoms with Crippen molar-refractivity contribution in [1.29, 1.82) is 5.26 Å². The first-order valence-corrected chi connectivity index (χ1v) is 9.30. The van der Waals surface area contributed by atoms with Crippen molar-refractivity contribution in [1.82, 2.24) is 24.7 Å². The van der Waals surface area contributed by atoms with E-state index < -0.39 is 0 Å². The Kier molecular flexibility index (Phi) is 5.20. The van der Waals surface area contributed by atoms with Gasteiger partial charge in [0.05, 0.1) is 22.9 Å². The summed E-state index contributed by atoms with van der Waals surface area (Å²) in [6.07, 6.45) is 5.10. The molecule has 8 heteroatoms. The second-order valence-electron chi connectivity index (χ2n) is 6.76. The molecular formula is C22H19N7O. The van der Waals surface area contributed by atoms with Crippen LogP contribution in [0.3, 0.4) is 0 Å². The van der Waals surface area contributed by atoms with Crippen LogP contribution >= 0.6 is 0 Å². The molecule has 0 aliphatic rings. The summed E-state index contributed by atoms with van der Waals surface area (Å²) in [6, 6.07) is 14.5. The highest BCUT2D eigenvalue weighted by atomic mass is 16.5. The zero-order valence-corrected chi connectivity index (χ0v) is 16.5. The quantitative estimate of drug-likeness (QED) is 0.547. The van der Waals surface area contributed by atoms with Gasteiger partial charge in [0, 0.05) is 43.3 Å². The van der Waals surface area contributed by atoms with Crippen molar-refractivity contribution in [3.05, 3.63) is 72.2 Å². The van der Waals surface area contributed by atoms with Gasteiger partial charge in [0.15, 0.2) is 5.82 Å². The van der Waals surface area contributed by atoms with Crippen LogP contribution in [0.2, 0.25) is 0 Å². The van der Waals surface area contributed by atoms with Gasteiger partial charge in [-0.2, -0.15) is 10.4 Å². The predicted octanol–water partition coefficient (Wildman–Crippen LogP) is 3.62. The topological polar surface area (TPSA) is 116 Å². The van der Waals surface area contributed by atoms with Crippen LogP contribution in [0.5, 0.6) is 11.6 Å². The van der Waals surface area contributed by atoms with Crippen LogP contribution in [0, 0.1) is 11.3 Å². The molecular weight excluding hydrogens is 378 g/mol. The molecule has 1 atom stereocenters. The van der Waals surface area contributed by atoms with Gasteiger partial charge in [-0.15, -0.1) is 0 Å². The van der Waals surface area contributed by atoms with E-state index in [0.717, 1.165) is 11.3 Å². The molecule has 0 bridgehead atoms. The van der Waals surface area contributed by atoms with Gasteiger partial charge in [-0.1, -0.05) is 6.07 Å². The minimum absolute atomic E-state index is 0.157. The zero-order chi connectivity index (χ0) is 21.1. The van der Waals surface area contributed by atoms with Crippen molar-refractivity contribution in [2.45, 2.75) is 13.0 Å². The van der Waals surface area contributed by atoms with Gasteiger partial charge in [0.25, 0.3) is 0 Å². The first-order chi connectivity index (χ1) is 14.5. The van der Waals surface area contributed by atoms with Gasteiger partial charge in [0.2, 0.25) is 5.88 Å². The first-order valence-electron chi connectivity index (χ1n) is 9.30. The number of aromatic nitrogens is 5. The Bertz CT molecular complexity index is 1210. The number of nitriles is 1. The van der Waals surface area contributed by atoms with Gasteiger partial charge in [-0.3, -0.25) is 4.98 Å². The molecule has 1 aromatic carbocycles. The normalized spacial score (nSPS) is 11.7. The second kappa shape index (κ2) is 8.11. The van der Waals surface area contributed by atoms with Crippen LogP contribution in [0.25, 0.3) is 22.8 Å². The largest absolute Gasteiger partial charge is 0.438 e. The predicted molar refractivity (Wildman–Crippen MR) is 111 cm³/mol. The number of nitrogens with zero attached hydrogens (tertiary/aromatic N) is 6. The van der Waals surface area contributed by atoms with E-state index in [1.54, 1.807) is 54.6 Å². The lowest BCUT2D eigenvalue weighted by atomic mass is 10.1. The van der Waals surface area contributed by atoms with Crippen LogP contribution < -0.4 is 10.5 Å². The molecule has 0 aliphatic heterocycles. The molecule has 0 aliphatic carbocycles. The molecule has 0 fully saturated rings. The van der Waals surface area contributed by atoms with Crippen molar-refractivity contribution < 1.29 is 4.74 Å². The summed E-state index contributed by atoms with van der Waals surface area (Å²) in [6.45, 7) is 1.87. The van der Waals surface area contributed by atoms with Gasteiger partial charge in [0.1, 0.15) is 11.4 Å². The van der Waals surface area contributed by atoms with Crippen molar-refractivity contribution >= 4 is 0 Å². The summed E-state index contributed by atoms with van der Waals surface area (Å²) in [5.74, 6) is 1.43. The Morgan fingerprint density at radius 2 is 1.87 bits per heavy atom. The van der Waals surface area contributed by atoms with E-state index in [4.69, 9.17) is 10.5 Å². The second-order valence-corrected chi connectivity index (χ2v) is 6.76. The van der Waals surface area contributed by atoms with Gasteiger partial charge in [-0.25, -0.2) is 14.6 Å². The zero-order valence-electron chi connectivity index (χ0n) is 16.5. The fraction of sp³-hybridized carbons (Fsp3) is 0.136. The van der Waals surface area contributed by atoms with Gasteiger partial charge in [-0.05, 0) is 37.3 Å². The van der Waals surface area contributed by atoms with E-state index in [1.807, 2.05) is 25.1 Å². The van der Waals surface area contributed by atoms with Crippen molar-refractivity contribution in [2.75, 3.05) is 0 Å². The van der Waals surface area contributed by atoms with E-state index in [-0.39, 0.29) is 6.04 Å². The molecule has 3 aromatic heterocycles. The molecule has 8 nitrogen and oxygen atoms in total. The molecule has 0 unspecified atom stereocenters. The van der Waals surface area contributed by atoms with E-state index >= 15 is 0 Å². The number of rotatable bonds is 5. The minimum Gasteiger partial charge on any atom is -0.438 e. The first kappa shape index (κ1) is 19.2. The van der Waals surface area contributed by atoms with Crippen LogP contribution in [-0.2, 0) is 7.05 Å². The Hall–Kier alpha value is -4.09. The highest BCUT2D eigenvalue weighted by Gasteiger charge is 2.16. The van der Waals surface area contributed by atoms with E-state index in [0.29, 0.717) is 34.3 Å². The van der Waals surface area contributed by atoms with Crippen LogP contribution in [-0.4, -0.2) is 24.7 Å². The fourth-order valence-electron chi connectivity index (χ4n) is 2.87. The van der Waals surface area contributed by atoms with Crippen LogP contribution in [0.1, 0.15) is 24.1 Å². The fourth-order valence-corrected chi connectivity index (χ4v) is 2.87. The molecule has 30 heavy (non-hydrogen) atoms. The standard InChI is InChI=1S/C22H19N7O/c1-14(24)16-12-26-22(27-13-16)17-7-6-15(11-23)9-20(17)30-21-10-19(28-29(21)2)18-5-3-4-8-25-18/h3-10,12-14H,24H2,1-2H3/t14-/m0/s1. The molecule has 0 saturated heterocycles. The van der Waals surface area contributed by atoms with Crippen molar-refractivity contribution in [2.24, 2.45) is 12.8 Å². The third kappa shape index (κ3) is 3.87. The molecule has 3 heterocycles. The lowest BCUT2D eigenvalue weighted by Crippen LogP contribution is -2.06. The highest BCUT2D eigenvalue weighted by Crippen LogP contribution is 2.33. The summed E-state index contributed by atoms with van der Waals surface area (Å²) in [4.78, 5) is 13.2. The third-order valence-corrected chi connectivity index (χ3v) is 4.53. The lowest BCUT2D eigenvalue weighted by Gasteiger charge is -2.11. The Labute approximate surface area is 173 Å². The average Bonchev–Trinajstić information content (AvgIpc) is 3.14. The number of aryl methyl sites for hydroxylation is 1. The molecule has 4 rings (SSSR count). The Balaban J connectivity index is 1.72. The SMILES string of the molecule is C[C@H](N)c1cnc(-c2ccc(C#N)cc2Oc2cc(-c3ccccn3)nn2C)nc1. The highest BCUT2D eigenvalue weighted by molar-refractivity contribution is 5.66. The lowest BCUT2D eigenvalue weighted by molar-refractivity contribution is 0.432. The number of hydrogen-bond donors (Lipinski definition) is 1. The Morgan fingerprint density at radius 3 is 2.53 bits per heavy atom. The summed E-state index contributed by atoms with van der Waals surface area (Å²) < 4.78 is 7.75. The third-order valence-electron chi connectivity index (χ3n) is 4.53.